The molecule has 4 heteroatoms. The number of hydrogen-bond acceptors (Lipinski definition) is 1. The SMILES string of the molecule is Cl.Fc1ccc(Cn2c3c(c4ccccc42)CCNC3)cc1. The fourth-order valence-electron chi connectivity index (χ4n) is 3.28. The first kappa shape index (κ1) is 15.1. The minimum absolute atomic E-state index is 0. The molecule has 2 heterocycles. The molecule has 0 saturated heterocycles. The van der Waals surface area contributed by atoms with E-state index in [0.29, 0.717) is 0 Å². The third kappa shape index (κ3) is 2.51. The van der Waals surface area contributed by atoms with Crippen LogP contribution in [0.1, 0.15) is 16.8 Å². The quantitative estimate of drug-likeness (QED) is 0.759. The van der Waals surface area contributed by atoms with E-state index in [4.69, 9.17) is 0 Å². The molecule has 1 aliphatic rings. The first-order chi connectivity index (χ1) is 10.3. The summed E-state index contributed by atoms with van der Waals surface area (Å²) in [5.41, 5.74) is 5.24. The smallest absolute Gasteiger partial charge is 0.123 e. The van der Waals surface area contributed by atoms with Gasteiger partial charge in [0.1, 0.15) is 5.82 Å². The molecule has 0 unspecified atom stereocenters. The Morgan fingerprint density at radius 2 is 1.82 bits per heavy atom. The van der Waals surface area contributed by atoms with Gasteiger partial charge in [0.2, 0.25) is 0 Å². The molecule has 1 N–H and O–H groups in total. The van der Waals surface area contributed by atoms with Crippen LogP contribution in [0, 0.1) is 5.82 Å². The van der Waals surface area contributed by atoms with E-state index in [2.05, 4.69) is 34.1 Å². The molecule has 0 saturated carbocycles. The van der Waals surface area contributed by atoms with Gasteiger partial charge in [-0.25, -0.2) is 4.39 Å². The van der Waals surface area contributed by atoms with Crippen LogP contribution >= 0.6 is 12.4 Å². The van der Waals surface area contributed by atoms with Crippen LogP contribution in [0.3, 0.4) is 0 Å². The number of nitrogens with one attached hydrogen (secondary N) is 1. The van der Waals surface area contributed by atoms with Gasteiger partial charge in [0.25, 0.3) is 0 Å². The number of fused-ring (bicyclic) bond motifs is 3. The number of nitrogens with zero attached hydrogens (tertiary/aromatic N) is 1. The highest BCUT2D eigenvalue weighted by molar-refractivity contribution is 5.86. The van der Waals surface area contributed by atoms with E-state index in [1.165, 1.54) is 34.3 Å². The average Bonchev–Trinajstić information content (AvgIpc) is 2.85. The third-order valence-electron chi connectivity index (χ3n) is 4.29. The number of benzene rings is 2. The zero-order valence-electron chi connectivity index (χ0n) is 12.2. The van der Waals surface area contributed by atoms with Crippen LogP contribution in [-0.2, 0) is 19.5 Å². The summed E-state index contributed by atoms with van der Waals surface area (Å²) in [7, 11) is 0. The second-order valence-electron chi connectivity index (χ2n) is 5.58. The first-order valence-electron chi connectivity index (χ1n) is 7.37. The van der Waals surface area contributed by atoms with Crippen molar-refractivity contribution in [3.63, 3.8) is 0 Å². The molecule has 2 nitrogen and oxygen atoms in total. The molecule has 0 amide bonds. The van der Waals surface area contributed by atoms with Gasteiger partial charge in [-0.1, -0.05) is 30.3 Å². The Labute approximate surface area is 135 Å². The maximum Gasteiger partial charge on any atom is 0.123 e. The van der Waals surface area contributed by atoms with Gasteiger partial charge < -0.3 is 9.88 Å². The monoisotopic (exact) mass is 316 g/mol. The molecule has 3 aromatic rings. The van der Waals surface area contributed by atoms with Crippen molar-refractivity contribution in [2.45, 2.75) is 19.5 Å². The highest BCUT2D eigenvalue weighted by Gasteiger charge is 2.19. The minimum atomic E-state index is -0.181. The van der Waals surface area contributed by atoms with Crippen molar-refractivity contribution in [3.8, 4) is 0 Å². The lowest BCUT2D eigenvalue weighted by atomic mass is 10.1. The Hall–Kier alpha value is -1.84. The molecule has 1 aliphatic heterocycles. The maximum atomic E-state index is 13.1. The molecule has 0 aliphatic carbocycles. The lowest BCUT2D eigenvalue weighted by Gasteiger charge is -2.17. The molecular weight excluding hydrogens is 299 g/mol. The van der Waals surface area contributed by atoms with Gasteiger partial charge in [-0.05, 0) is 42.3 Å². The van der Waals surface area contributed by atoms with Crippen molar-refractivity contribution in [2.24, 2.45) is 0 Å². The Morgan fingerprint density at radius 3 is 2.64 bits per heavy atom. The summed E-state index contributed by atoms with van der Waals surface area (Å²) in [6, 6.07) is 15.4. The molecule has 1 aromatic heterocycles. The Morgan fingerprint density at radius 1 is 1.05 bits per heavy atom. The summed E-state index contributed by atoms with van der Waals surface area (Å²) in [5, 5.41) is 4.81. The van der Waals surface area contributed by atoms with Crippen LogP contribution in [0.5, 0.6) is 0 Å². The standard InChI is InChI=1S/C18H17FN2.ClH/c19-14-7-5-13(6-8-14)12-21-17-4-2-1-3-15(17)16-9-10-20-11-18(16)21;/h1-8,20H,9-12H2;1H. The summed E-state index contributed by atoms with van der Waals surface area (Å²) >= 11 is 0. The summed E-state index contributed by atoms with van der Waals surface area (Å²) in [4.78, 5) is 0. The molecule has 2 aromatic carbocycles. The van der Waals surface area contributed by atoms with Crippen LogP contribution < -0.4 is 5.32 Å². The Balaban J connectivity index is 0.00000144. The lowest BCUT2D eigenvalue weighted by molar-refractivity contribution is 0.601. The first-order valence-corrected chi connectivity index (χ1v) is 7.37. The molecule has 4 rings (SSSR count). The van der Waals surface area contributed by atoms with Gasteiger partial charge >= 0.3 is 0 Å². The van der Waals surface area contributed by atoms with E-state index in [1.807, 2.05) is 12.1 Å². The van der Waals surface area contributed by atoms with E-state index in [0.717, 1.165) is 31.6 Å². The van der Waals surface area contributed by atoms with Crippen LogP contribution in [-0.4, -0.2) is 11.1 Å². The zero-order chi connectivity index (χ0) is 14.2. The topological polar surface area (TPSA) is 17.0 Å². The predicted octanol–water partition coefficient (Wildman–Crippen LogP) is 3.90. The second-order valence-corrected chi connectivity index (χ2v) is 5.58. The molecule has 0 spiro atoms. The van der Waals surface area contributed by atoms with Gasteiger partial charge in [0.15, 0.2) is 0 Å². The van der Waals surface area contributed by atoms with Gasteiger partial charge in [-0.15, -0.1) is 12.4 Å². The van der Waals surface area contributed by atoms with E-state index in [1.54, 1.807) is 0 Å². The van der Waals surface area contributed by atoms with Crippen molar-refractivity contribution >= 4 is 23.3 Å². The number of halogens is 2. The van der Waals surface area contributed by atoms with E-state index in [9.17, 15) is 4.39 Å². The van der Waals surface area contributed by atoms with Gasteiger partial charge in [0, 0.05) is 29.7 Å². The van der Waals surface area contributed by atoms with Crippen molar-refractivity contribution < 1.29 is 4.39 Å². The predicted molar refractivity (Wildman–Crippen MR) is 90.1 cm³/mol. The third-order valence-corrected chi connectivity index (χ3v) is 4.29. The van der Waals surface area contributed by atoms with Gasteiger partial charge in [0.05, 0.1) is 0 Å². The van der Waals surface area contributed by atoms with Crippen LogP contribution in [0.4, 0.5) is 4.39 Å². The molecule has 0 radical (unpaired) electrons. The number of rotatable bonds is 2. The van der Waals surface area contributed by atoms with Crippen molar-refractivity contribution in [1.82, 2.24) is 9.88 Å². The second kappa shape index (κ2) is 6.11. The van der Waals surface area contributed by atoms with E-state index >= 15 is 0 Å². The van der Waals surface area contributed by atoms with E-state index in [-0.39, 0.29) is 18.2 Å². The maximum absolute atomic E-state index is 13.1. The minimum Gasteiger partial charge on any atom is -0.339 e. The highest BCUT2D eigenvalue weighted by Crippen LogP contribution is 2.29. The van der Waals surface area contributed by atoms with Crippen LogP contribution in [0.25, 0.3) is 10.9 Å². The highest BCUT2D eigenvalue weighted by atomic mass is 35.5. The number of hydrogen-bond donors (Lipinski definition) is 1. The van der Waals surface area contributed by atoms with Gasteiger partial charge in [-0.3, -0.25) is 0 Å². The molecular formula is C18H18ClFN2. The van der Waals surface area contributed by atoms with Crippen molar-refractivity contribution in [2.75, 3.05) is 6.54 Å². The largest absolute Gasteiger partial charge is 0.339 e. The zero-order valence-corrected chi connectivity index (χ0v) is 13.0. The normalized spacial score (nSPS) is 13.7. The van der Waals surface area contributed by atoms with E-state index < -0.39 is 0 Å². The molecule has 114 valence electrons. The van der Waals surface area contributed by atoms with Crippen LogP contribution in [0.2, 0.25) is 0 Å². The summed E-state index contributed by atoms with van der Waals surface area (Å²) < 4.78 is 15.4. The fraction of sp³-hybridized carbons (Fsp3) is 0.222. The van der Waals surface area contributed by atoms with Gasteiger partial charge in [-0.2, -0.15) is 0 Å². The summed E-state index contributed by atoms with van der Waals surface area (Å²) in [6.07, 6.45) is 1.08. The fourth-order valence-corrected chi connectivity index (χ4v) is 3.28. The lowest BCUT2D eigenvalue weighted by Crippen LogP contribution is -2.25. The summed E-state index contributed by atoms with van der Waals surface area (Å²) in [6.45, 7) is 2.74. The van der Waals surface area contributed by atoms with Crippen LogP contribution in [0.15, 0.2) is 48.5 Å². The Bertz CT molecular complexity index is 793. The number of aromatic nitrogens is 1. The average molecular weight is 317 g/mol. The molecule has 0 atom stereocenters. The van der Waals surface area contributed by atoms with Crippen molar-refractivity contribution in [1.29, 1.82) is 0 Å². The Kier molecular flexibility index (Phi) is 4.19. The summed E-state index contributed by atoms with van der Waals surface area (Å²) in [5.74, 6) is -0.181. The molecule has 0 fully saturated rings. The van der Waals surface area contributed by atoms with Crippen molar-refractivity contribution in [3.05, 3.63) is 71.2 Å². The molecule has 0 bridgehead atoms. The number of para-hydroxylation sites is 1. The molecule has 22 heavy (non-hydrogen) atoms.